The number of ether oxygens (including phenoxy) is 4. The zero-order chi connectivity index (χ0) is 22.0. The Hall–Kier alpha value is -3.52. The van der Waals surface area contributed by atoms with Crippen LogP contribution >= 0.6 is 0 Å². The van der Waals surface area contributed by atoms with Crippen molar-refractivity contribution in [3.05, 3.63) is 53.7 Å². The molecule has 0 atom stereocenters. The van der Waals surface area contributed by atoms with Crippen LogP contribution in [0.5, 0.6) is 17.2 Å². The van der Waals surface area contributed by atoms with Crippen molar-refractivity contribution in [2.75, 3.05) is 52.5 Å². The fraction of sp³-hybridized carbons (Fsp3) is 0.304. The highest BCUT2D eigenvalue weighted by Gasteiger charge is 2.43. The number of hydrogen-bond acceptors (Lipinski definition) is 7. The smallest absolute Gasteiger partial charge is 0.282 e. The number of benzene rings is 2. The van der Waals surface area contributed by atoms with Crippen molar-refractivity contribution in [1.82, 2.24) is 4.90 Å². The fourth-order valence-electron chi connectivity index (χ4n) is 3.85. The van der Waals surface area contributed by atoms with Crippen LogP contribution in [0.25, 0.3) is 5.57 Å². The van der Waals surface area contributed by atoms with E-state index in [2.05, 4.69) is 0 Å². The zero-order valence-corrected chi connectivity index (χ0v) is 17.7. The lowest BCUT2D eigenvalue weighted by atomic mass is 10.0. The van der Waals surface area contributed by atoms with Crippen molar-refractivity contribution in [2.45, 2.75) is 0 Å². The number of carbonyl (C=O) groups excluding carboxylic acids is 2. The molecule has 0 aromatic heterocycles. The molecule has 1 saturated heterocycles. The molecule has 162 valence electrons. The maximum absolute atomic E-state index is 13.7. The molecule has 2 aliphatic heterocycles. The van der Waals surface area contributed by atoms with Crippen LogP contribution < -0.4 is 19.1 Å². The number of nitrogens with zero attached hydrogens (tertiary/aromatic N) is 2. The van der Waals surface area contributed by atoms with E-state index in [1.807, 2.05) is 17.0 Å². The monoisotopic (exact) mass is 424 g/mol. The third kappa shape index (κ3) is 3.70. The molecule has 2 aromatic rings. The van der Waals surface area contributed by atoms with E-state index >= 15 is 0 Å². The minimum Gasteiger partial charge on any atom is -0.497 e. The Morgan fingerprint density at radius 2 is 1.48 bits per heavy atom. The highest BCUT2D eigenvalue weighted by Crippen LogP contribution is 2.40. The molecule has 0 spiro atoms. The number of anilines is 1. The quantitative estimate of drug-likeness (QED) is 0.659. The van der Waals surface area contributed by atoms with E-state index in [9.17, 15) is 9.59 Å². The van der Waals surface area contributed by atoms with Crippen molar-refractivity contribution in [3.8, 4) is 17.2 Å². The van der Waals surface area contributed by atoms with Crippen LogP contribution in [0.1, 0.15) is 5.56 Å². The first kappa shape index (κ1) is 20.7. The third-order valence-electron chi connectivity index (χ3n) is 5.36. The number of morpholine rings is 1. The SMILES string of the molecule is COc1cc(OC)cc(N2C(=O)C(c3ccccc3OC)=C(N3CCOCC3)C2=O)c1. The summed E-state index contributed by atoms with van der Waals surface area (Å²) in [6.07, 6.45) is 0. The van der Waals surface area contributed by atoms with Gasteiger partial charge in [0.2, 0.25) is 0 Å². The van der Waals surface area contributed by atoms with E-state index in [1.54, 1.807) is 37.4 Å². The fourth-order valence-corrected chi connectivity index (χ4v) is 3.85. The lowest BCUT2D eigenvalue weighted by Gasteiger charge is -2.29. The molecule has 2 amide bonds. The minimum atomic E-state index is -0.425. The van der Waals surface area contributed by atoms with Gasteiger partial charge in [-0.2, -0.15) is 0 Å². The number of hydrogen-bond donors (Lipinski definition) is 0. The van der Waals surface area contributed by atoms with Crippen LogP contribution in [0, 0.1) is 0 Å². The van der Waals surface area contributed by atoms with E-state index in [4.69, 9.17) is 18.9 Å². The Bertz CT molecular complexity index is 1020. The molecule has 8 heteroatoms. The van der Waals surface area contributed by atoms with Crippen molar-refractivity contribution in [2.24, 2.45) is 0 Å². The summed E-state index contributed by atoms with van der Waals surface area (Å²) in [4.78, 5) is 30.4. The van der Waals surface area contributed by atoms with Gasteiger partial charge in [0.25, 0.3) is 11.8 Å². The number of methoxy groups -OCH3 is 3. The third-order valence-corrected chi connectivity index (χ3v) is 5.36. The molecule has 0 radical (unpaired) electrons. The normalized spacial score (nSPS) is 16.7. The van der Waals surface area contributed by atoms with Gasteiger partial charge in [0.05, 0.1) is 45.8 Å². The Morgan fingerprint density at radius 1 is 0.839 bits per heavy atom. The molecule has 0 N–H and O–H groups in total. The van der Waals surface area contributed by atoms with Gasteiger partial charge < -0.3 is 23.8 Å². The van der Waals surface area contributed by atoms with Crippen LogP contribution in [-0.2, 0) is 14.3 Å². The summed E-state index contributed by atoms with van der Waals surface area (Å²) in [5.74, 6) is 0.658. The van der Waals surface area contributed by atoms with Gasteiger partial charge in [-0.15, -0.1) is 0 Å². The Labute approximate surface area is 180 Å². The van der Waals surface area contributed by atoms with Crippen LogP contribution in [0.15, 0.2) is 48.2 Å². The number of rotatable bonds is 6. The highest BCUT2D eigenvalue weighted by atomic mass is 16.5. The zero-order valence-electron chi connectivity index (χ0n) is 17.7. The molecule has 2 heterocycles. The Morgan fingerprint density at radius 3 is 2.10 bits per heavy atom. The van der Waals surface area contributed by atoms with Gasteiger partial charge in [-0.25, -0.2) is 4.90 Å². The van der Waals surface area contributed by atoms with Gasteiger partial charge in [-0.3, -0.25) is 9.59 Å². The average molecular weight is 424 g/mol. The number of carbonyl (C=O) groups is 2. The molecular formula is C23H24N2O6. The number of imide groups is 1. The molecule has 2 aliphatic rings. The van der Waals surface area contributed by atoms with E-state index in [1.165, 1.54) is 14.2 Å². The van der Waals surface area contributed by atoms with Gasteiger partial charge >= 0.3 is 0 Å². The largest absolute Gasteiger partial charge is 0.497 e. The van der Waals surface area contributed by atoms with Crippen molar-refractivity contribution in [3.63, 3.8) is 0 Å². The van der Waals surface area contributed by atoms with Gasteiger partial charge in [0, 0.05) is 36.9 Å². The van der Waals surface area contributed by atoms with E-state index in [0.29, 0.717) is 66.1 Å². The molecule has 1 fully saturated rings. The molecule has 0 unspecified atom stereocenters. The van der Waals surface area contributed by atoms with E-state index < -0.39 is 11.8 Å². The molecule has 8 nitrogen and oxygen atoms in total. The van der Waals surface area contributed by atoms with Crippen molar-refractivity contribution >= 4 is 23.1 Å². The summed E-state index contributed by atoms with van der Waals surface area (Å²) < 4.78 is 21.6. The summed E-state index contributed by atoms with van der Waals surface area (Å²) in [6.45, 7) is 2.00. The second-order valence-electron chi connectivity index (χ2n) is 7.04. The van der Waals surface area contributed by atoms with Crippen LogP contribution in [0.2, 0.25) is 0 Å². The maximum atomic E-state index is 13.7. The summed E-state index contributed by atoms with van der Waals surface area (Å²) in [6, 6.07) is 12.2. The summed E-state index contributed by atoms with van der Waals surface area (Å²) in [7, 11) is 4.58. The predicted octanol–water partition coefficient (Wildman–Crippen LogP) is 2.33. The van der Waals surface area contributed by atoms with Crippen molar-refractivity contribution < 1.29 is 28.5 Å². The highest BCUT2D eigenvalue weighted by molar-refractivity contribution is 6.45. The summed E-state index contributed by atoms with van der Waals surface area (Å²) >= 11 is 0. The second kappa shape index (κ2) is 8.69. The molecule has 0 bridgehead atoms. The van der Waals surface area contributed by atoms with Gasteiger partial charge in [0.1, 0.15) is 22.9 Å². The lowest BCUT2D eigenvalue weighted by Crippen LogP contribution is -2.40. The van der Waals surface area contributed by atoms with Gasteiger partial charge in [-0.1, -0.05) is 18.2 Å². The summed E-state index contributed by atoms with van der Waals surface area (Å²) in [5.41, 5.74) is 1.61. The van der Waals surface area contributed by atoms with Crippen LogP contribution in [0.3, 0.4) is 0 Å². The standard InChI is InChI=1S/C23H24N2O6/c1-28-16-12-15(13-17(14-16)29-2)25-22(26)20(18-6-4-5-7-19(18)30-3)21(23(25)27)24-8-10-31-11-9-24/h4-7,12-14H,8-11H2,1-3H3. The first-order chi connectivity index (χ1) is 15.1. The van der Waals surface area contributed by atoms with Crippen molar-refractivity contribution in [1.29, 1.82) is 0 Å². The topological polar surface area (TPSA) is 77.5 Å². The first-order valence-corrected chi connectivity index (χ1v) is 9.91. The van der Waals surface area contributed by atoms with Crippen LogP contribution in [-0.4, -0.2) is 64.3 Å². The second-order valence-corrected chi connectivity index (χ2v) is 7.04. The molecule has 4 rings (SSSR count). The first-order valence-electron chi connectivity index (χ1n) is 9.91. The van der Waals surface area contributed by atoms with Gasteiger partial charge in [0.15, 0.2) is 0 Å². The molecule has 31 heavy (non-hydrogen) atoms. The van der Waals surface area contributed by atoms with E-state index in [-0.39, 0.29) is 0 Å². The summed E-state index contributed by atoms with van der Waals surface area (Å²) in [5, 5.41) is 0. The molecular weight excluding hydrogens is 400 g/mol. The Kier molecular flexibility index (Phi) is 5.81. The maximum Gasteiger partial charge on any atom is 0.282 e. The number of para-hydroxylation sites is 1. The molecule has 0 aliphatic carbocycles. The van der Waals surface area contributed by atoms with Crippen LogP contribution in [0.4, 0.5) is 5.69 Å². The predicted molar refractivity (Wildman–Crippen MR) is 114 cm³/mol. The van der Waals surface area contributed by atoms with Gasteiger partial charge in [-0.05, 0) is 6.07 Å². The molecule has 2 aromatic carbocycles. The molecule has 0 saturated carbocycles. The Balaban J connectivity index is 1.87. The minimum absolute atomic E-state index is 0.311. The number of amides is 2. The average Bonchev–Trinajstić information content (AvgIpc) is 3.08. The van der Waals surface area contributed by atoms with E-state index in [0.717, 1.165) is 4.90 Å². The lowest BCUT2D eigenvalue weighted by molar-refractivity contribution is -0.121.